The van der Waals surface area contributed by atoms with Crippen molar-refractivity contribution in [2.24, 2.45) is 5.73 Å². The van der Waals surface area contributed by atoms with Crippen molar-refractivity contribution in [1.82, 2.24) is 10.2 Å². The van der Waals surface area contributed by atoms with Crippen LogP contribution in [0.25, 0.3) is 0 Å². The van der Waals surface area contributed by atoms with Gasteiger partial charge in [-0.3, -0.25) is 4.79 Å². The first kappa shape index (κ1) is 12.4. The molecule has 0 aliphatic rings. The van der Waals surface area contributed by atoms with Crippen LogP contribution in [0.3, 0.4) is 0 Å². The summed E-state index contributed by atoms with van der Waals surface area (Å²) in [5.74, 6) is -0.243. The Balaban J connectivity index is 3.26. The molecule has 0 bridgehead atoms. The number of nitrogens with two attached hydrogens (primary N) is 1. The molecule has 4 heteroatoms. The van der Waals surface area contributed by atoms with E-state index in [1.807, 2.05) is 21.0 Å². The van der Waals surface area contributed by atoms with Gasteiger partial charge >= 0.3 is 0 Å². The monoisotopic (exact) mass is 187 g/mol. The van der Waals surface area contributed by atoms with E-state index in [1.54, 1.807) is 0 Å². The van der Waals surface area contributed by atoms with Gasteiger partial charge in [0.2, 0.25) is 5.91 Å². The van der Waals surface area contributed by atoms with Gasteiger partial charge in [0, 0.05) is 12.5 Å². The van der Waals surface area contributed by atoms with Crippen molar-refractivity contribution in [3.8, 4) is 0 Å². The zero-order valence-electron chi connectivity index (χ0n) is 8.84. The second-order valence-corrected chi connectivity index (χ2v) is 3.68. The number of carbonyl (C=O) groups excluding carboxylic acids is 1. The van der Waals surface area contributed by atoms with E-state index in [4.69, 9.17) is 5.73 Å². The first-order valence-electron chi connectivity index (χ1n) is 4.68. The molecule has 13 heavy (non-hydrogen) atoms. The summed E-state index contributed by atoms with van der Waals surface area (Å²) in [5.41, 5.74) is 5.06. The molecule has 1 amide bonds. The van der Waals surface area contributed by atoms with Gasteiger partial charge in [0.25, 0.3) is 0 Å². The third kappa shape index (κ3) is 9.30. The van der Waals surface area contributed by atoms with Crippen molar-refractivity contribution >= 4 is 5.91 Å². The highest BCUT2D eigenvalue weighted by Gasteiger charge is 2.03. The van der Waals surface area contributed by atoms with Crippen molar-refractivity contribution in [3.05, 3.63) is 0 Å². The lowest BCUT2D eigenvalue weighted by Gasteiger charge is -2.13. The zero-order chi connectivity index (χ0) is 10.3. The van der Waals surface area contributed by atoms with E-state index in [-0.39, 0.29) is 11.9 Å². The minimum Gasteiger partial charge on any atom is -0.370 e. The summed E-state index contributed by atoms with van der Waals surface area (Å²) >= 11 is 0. The summed E-state index contributed by atoms with van der Waals surface area (Å²) < 4.78 is 0. The van der Waals surface area contributed by atoms with Gasteiger partial charge in [0.1, 0.15) is 0 Å². The molecule has 0 heterocycles. The zero-order valence-corrected chi connectivity index (χ0v) is 8.84. The highest BCUT2D eigenvalue weighted by molar-refractivity contribution is 5.74. The van der Waals surface area contributed by atoms with Gasteiger partial charge in [-0.15, -0.1) is 0 Å². The third-order valence-corrected chi connectivity index (χ3v) is 1.78. The largest absolute Gasteiger partial charge is 0.370 e. The first-order valence-corrected chi connectivity index (χ1v) is 4.68. The molecule has 0 spiro atoms. The predicted octanol–water partition coefficient (Wildman–Crippen LogP) is -0.208. The normalized spacial score (nSPS) is 13.2. The standard InChI is InChI=1S/C9H21N3O/c1-8(7-9(10)13)11-5-4-6-12(2)3/h8,11H,4-7H2,1-3H3,(H2,10,13). The Labute approximate surface area is 80.5 Å². The molecule has 3 N–H and O–H groups in total. The van der Waals surface area contributed by atoms with Gasteiger partial charge in [0.15, 0.2) is 0 Å². The maximum atomic E-state index is 10.5. The number of carbonyl (C=O) groups is 1. The van der Waals surface area contributed by atoms with Crippen LogP contribution in [0.2, 0.25) is 0 Å². The van der Waals surface area contributed by atoms with Gasteiger partial charge in [-0.05, 0) is 40.5 Å². The quantitative estimate of drug-likeness (QED) is 0.542. The lowest BCUT2D eigenvalue weighted by Crippen LogP contribution is -2.32. The van der Waals surface area contributed by atoms with Crippen molar-refractivity contribution < 1.29 is 4.79 Å². The Hall–Kier alpha value is -0.610. The molecule has 0 radical (unpaired) electrons. The van der Waals surface area contributed by atoms with E-state index in [0.717, 1.165) is 19.5 Å². The van der Waals surface area contributed by atoms with Crippen LogP contribution in [-0.4, -0.2) is 44.0 Å². The summed E-state index contributed by atoms with van der Waals surface area (Å²) in [7, 11) is 4.10. The third-order valence-electron chi connectivity index (χ3n) is 1.78. The lowest BCUT2D eigenvalue weighted by molar-refractivity contribution is -0.118. The number of hydrogen-bond acceptors (Lipinski definition) is 3. The number of nitrogens with zero attached hydrogens (tertiary/aromatic N) is 1. The summed E-state index contributed by atoms with van der Waals surface area (Å²) in [6.07, 6.45) is 1.51. The van der Waals surface area contributed by atoms with Crippen LogP contribution in [0, 0.1) is 0 Å². The number of amides is 1. The van der Waals surface area contributed by atoms with Crippen molar-refractivity contribution in [2.75, 3.05) is 27.2 Å². The Morgan fingerprint density at radius 1 is 1.54 bits per heavy atom. The fraction of sp³-hybridized carbons (Fsp3) is 0.889. The Morgan fingerprint density at radius 2 is 2.15 bits per heavy atom. The van der Waals surface area contributed by atoms with E-state index in [1.165, 1.54) is 0 Å². The second kappa shape index (κ2) is 6.86. The average Bonchev–Trinajstić information content (AvgIpc) is 1.96. The molecule has 0 rings (SSSR count). The summed E-state index contributed by atoms with van der Waals surface area (Å²) in [5, 5.41) is 3.24. The van der Waals surface area contributed by atoms with Crippen LogP contribution in [0.1, 0.15) is 19.8 Å². The molecule has 0 fully saturated rings. The maximum absolute atomic E-state index is 10.5. The molecule has 0 saturated carbocycles. The van der Waals surface area contributed by atoms with E-state index >= 15 is 0 Å². The average molecular weight is 187 g/mol. The van der Waals surface area contributed by atoms with E-state index < -0.39 is 0 Å². The van der Waals surface area contributed by atoms with Crippen LogP contribution in [0.4, 0.5) is 0 Å². The molecule has 0 aromatic carbocycles. The Kier molecular flexibility index (Phi) is 6.54. The molecule has 0 aromatic heterocycles. The van der Waals surface area contributed by atoms with Crippen LogP contribution < -0.4 is 11.1 Å². The lowest BCUT2D eigenvalue weighted by atomic mass is 10.2. The van der Waals surface area contributed by atoms with Crippen LogP contribution in [0.5, 0.6) is 0 Å². The molecule has 78 valence electrons. The molecular weight excluding hydrogens is 166 g/mol. The minimum atomic E-state index is -0.243. The fourth-order valence-corrected chi connectivity index (χ4v) is 1.12. The Bertz CT molecular complexity index is 148. The second-order valence-electron chi connectivity index (χ2n) is 3.68. The maximum Gasteiger partial charge on any atom is 0.218 e. The minimum absolute atomic E-state index is 0.194. The number of rotatable bonds is 7. The molecule has 1 atom stereocenters. The summed E-state index contributed by atoms with van der Waals surface area (Å²) in [4.78, 5) is 12.7. The smallest absolute Gasteiger partial charge is 0.218 e. The van der Waals surface area contributed by atoms with E-state index in [2.05, 4.69) is 10.2 Å². The van der Waals surface area contributed by atoms with Crippen molar-refractivity contribution in [1.29, 1.82) is 0 Å². The molecule has 0 saturated heterocycles. The number of primary amides is 1. The van der Waals surface area contributed by atoms with Crippen LogP contribution in [-0.2, 0) is 4.79 Å². The highest BCUT2D eigenvalue weighted by Crippen LogP contribution is 1.89. The van der Waals surface area contributed by atoms with E-state index in [9.17, 15) is 4.79 Å². The van der Waals surface area contributed by atoms with Gasteiger partial charge < -0.3 is 16.0 Å². The fourth-order valence-electron chi connectivity index (χ4n) is 1.12. The molecule has 4 nitrogen and oxygen atoms in total. The summed E-state index contributed by atoms with van der Waals surface area (Å²) in [6, 6.07) is 0.194. The van der Waals surface area contributed by atoms with Crippen LogP contribution in [0.15, 0.2) is 0 Å². The van der Waals surface area contributed by atoms with Gasteiger partial charge in [-0.1, -0.05) is 0 Å². The highest BCUT2D eigenvalue weighted by atomic mass is 16.1. The van der Waals surface area contributed by atoms with E-state index in [0.29, 0.717) is 6.42 Å². The number of hydrogen-bond donors (Lipinski definition) is 2. The van der Waals surface area contributed by atoms with Crippen molar-refractivity contribution in [3.63, 3.8) is 0 Å². The summed E-state index contributed by atoms with van der Waals surface area (Å²) in [6.45, 7) is 3.98. The number of nitrogens with one attached hydrogen (secondary N) is 1. The Morgan fingerprint density at radius 3 is 2.62 bits per heavy atom. The molecule has 0 aliphatic carbocycles. The van der Waals surface area contributed by atoms with Gasteiger partial charge in [-0.25, -0.2) is 0 Å². The molecule has 0 aliphatic heterocycles. The predicted molar refractivity (Wildman–Crippen MR) is 54.4 cm³/mol. The SMILES string of the molecule is CC(CC(N)=O)NCCCN(C)C. The first-order chi connectivity index (χ1) is 6.02. The topological polar surface area (TPSA) is 58.4 Å². The van der Waals surface area contributed by atoms with Crippen molar-refractivity contribution in [2.45, 2.75) is 25.8 Å². The van der Waals surface area contributed by atoms with Gasteiger partial charge in [-0.2, -0.15) is 0 Å². The van der Waals surface area contributed by atoms with Gasteiger partial charge in [0.05, 0.1) is 0 Å². The molecule has 1 unspecified atom stereocenters. The molecule has 0 aromatic rings. The van der Waals surface area contributed by atoms with Crippen LogP contribution >= 0.6 is 0 Å². The molecular formula is C9H21N3O.